The van der Waals surface area contributed by atoms with E-state index in [2.05, 4.69) is 29.6 Å². The lowest BCUT2D eigenvalue weighted by molar-refractivity contribution is -0.182. The third kappa shape index (κ3) is 5.65. The molecule has 1 fully saturated rings. The van der Waals surface area contributed by atoms with Gasteiger partial charge in [-0.25, -0.2) is 9.59 Å². The van der Waals surface area contributed by atoms with Gasteiger partial charge in [-0.2, -0.15) is 0 Å². The summed E-state index contributed by atoms with van der Waals surface area (Å²) in [6.45, 7) is 0.567. The number of carbonyl (C=O) groups is 3. The van der Waals surface area contributed by atoms with Gasteiger partial charge in [-0.1, -0.05) is 67.8 Å². The van der Waals surface area contributed by atoms with Crippen LogP contribution in [0.5, 0.6) is 0 Å². The number of hydrogen-bond donors (Lipinski definition) is 3. The van der Waals surface area contributed by atoms with E-state index in [1.54, 1.807) is 0 Å². The molecule has 0 aromatic heterocycles. The molecule has 8 heteroatoms. The number of nitrogens with zero attached hydrogens (tertiary/aromatic N) is 1. The summed E-state index contributed by atoms with van der Waals surface area (Å²) >= 11 is 0. The van der Waals surface area contributed by atoms with Crippen LogP contribution in [0.3, 0.4) is 0 Å². The molecule has 0 saturated carbocycles. The van der Waals surface area contributed by atoms with Gasteiger partial charge in [0.1, 0.15) is 6.61 Å². The van der Waals surface area contributed by atoms with Crippen LogP contribution in [-0.2, 0) is 14.3 Å². The van der Waals surface area contributed by atoms with Crippen LogP contribution in [0.2, 0.25) is 0 Å². The number of rotatable bonds is 11. The molecule has 0 bridgehead atoms. The van der Waals surface area contributed by atoms with Crippen molar-refractivity contribution >= 4 is 18.0 Å². The quantitative estimate of drug-likeness (QED) is 0.424. The second kappa shape index (κ2) is 10.9. The van der Waals surface area contributed by atoms with Gasteiger partial charge in [-0.3, -0.25) is 4.79 Å². The average Bonchev–Trinajstić information content (AvgIpc) is 3.15. The summed E-state index contributed by atoms with van der Waals surface area (Å²) < 4.78 is 5.53. The van der Waals surface area contributed by atoms with Gasteiger partial charge in [0.2, 0.25) is 5.91 Å². The number of carboxylic acids is 1. The highest BCUT2D eigenvalue weighted by molar-refractivity contribution is 5.85. The largest absolute Gasteiger partial charge is 0.479 e. The zero-order valence-electron chi connectivity index (χ0n) is 19.7. The maximum absolute atomic E-state index is 12.2. The molecule has 1 aliphatic heterocycles. The molecule has 0 radical (unpaired) electrons. The smallest absolute Gasteiger partial charge is 0.407 e. The topological polar surface area (TPSA) is 116 Å². The first-order valence-electron chi connectivity index (χ1n) is 12.2. The number of nitrogens with one attached hydrogen (secondary N) is 1. The second-order valence-corrected chi connectivity index (χ2v) is 9.36. The zero-order chi connectivity index (χ0) is 24.8. The third-order valence-corrected chi connectivity index (χ3v) is 6.84. The molecule has 4 rings (SSSR count). The lowest BCUT2D eigenvalue weighted by atomic mass is 9.94. The first-order chi connectivity index (χ1) is 16.9. The molecule has 1 heterocycles. The first-order valence-corrected chi connectivity index (χ1v) is 12.2. The maximum Gasteiger partial charge on any atom is 0.407 e. The monoisotopic (exact) mass is 480 g/mol. The summed E-state index contributed by atoms with van der Waals surface area (Å²) in [6.07, 6.45) is 4.25. The average molecular weight is 481 g/mol. The number of likely N-dealkylation sites (tertiary alicyclic amines) is 1. The summed E-state index contributed by atoms with van der Waals surface area (Å²) in [6, 6.07) is 16.5. The summed E-state index contributed by atoms with van der Waals surface area (Å²) in [7, 11) is 0. The van der Waals surface area contributed by atoms with Crippen molar-refractivity contribution in [3.05, 3.63) is 59.7 Å². The summed E-state index contributed by atoms with van der Waals surface area (Å²) in [4.78, 5) is 36.4. The first kappa shape index (κ1) is 24.7. The van der Waals surface area contributed by atoms with E-state index in [-0.39, 0.29) is 24.9 Å². The number of hydrogen-bond acceptors (Lipinski definition) is 5. The van der Waals surface area contributed by atoms with Crippen LogP contribution in [0.25, 0.3) is 11.1 Å². The number of alkyl carbamates (subject to hydrolysis) is 1. The molecule has 186 valence electrons. The number of amides is 2. The highest BCUT2D eigenvalue weighted by Crippen LogP contribution is 2.44. The van der Waals surface area contributed by atoms with Gasteiger partial charge in [0.25, 0.3) is 0 Å². The van der Waals surface area contributed by atoms with E-state index < -0.39 is 17.7 Å². The maximum atomic E-state index is 12.2. The van der Waals surface area contributed by atoms with Crippen molar-refractivity contribution in [2.24, 2.45) is 0 Å². The van der Waals surface area contributed by atoms with E-state index in [9.17, 15) is 19.5 Å². The number of aliphatic carboxylic acids is 1. The highest BCUT2D eigenvalue weighted by atomic mass is 16.5. The third-order valence-electron chi connectivity index (χ3n) is 6.84. The molecule has 3 N–H and O–H groups in total. The van der Waals surface area contributed by atoms with Crippen molar-refractivity contribution in [2.45, 2.75) is 50.0 Å². The van der Waals surface area contributed by atoms with Crippen molar-refractivity contribution in [3.8, 4) is 11.1 Å². The fourth-order valence-corrected chi connectivity index (χ4v) is 4.83. The molecule has 2 aliphatic rings. The number of β-amino-alcohol motifs (C(OH)–C–C–N with tert-alkyl or cyclic N) is 1. The summed E-state index contributed by atoms with van der Waals surface area (Å²) in [5.74, 6) is -1.36. The number of unbranched alkanes of at least 4 members (excludes halogenated alkanes) is 4. The Morgan fingerprint density at radius 1 is 0.914 bits per heavy atom. The summed E-state index contributed by atoms with van der Waals surface area (Å²) in [5.41, 5.74) is 2.99. The molecular weight excluding hydrogens is 448 g/mol. The van der Waals surface area contributed by atoms with Gasteiger partial charge in [-0.05, 0) is 35.1 Å². The van der Waals surface area contributed by atoms with Crippen LogP contribution in [-0.4, -0.2) is 64.9 Å². The zero-order valence-corrected chi connectivity index (χ0v) is 19.7. The van der Waals surface area contributed by atoms with E-state index in [1.165, 1.54) is 27.2 Å². The number of ether oxygens (including phenoxy) is 1. The fraction of sp³-hybridized carbons (Fsp3) is 0.444. The lowest BCUT2D eigenvalue weighted by Crippen LogP contribution is -2.67. The SMILES string of the molecule is O=C(NCCCCCCCC(=O)N1CC(O)(C(=O)O)C1)OCC1c2ccccc2-c2ccccc21. The molecule has 2 aromatic carbocycles. The minimum absolute atomic E-state index is 0.0463. The Balaban J connectivity index is 1.06. The summed E-state index contributed by atoms with van der Waals surface area (Å²) in [5, 5.41) is 21.4. The van der Waals surface area contributed by atoms with E-state index in [0.717, 1.165) is 32.1 Å². The normalized spacial score (nSPS) is 15.6. The minimum Gasteiger partial charge on any atom is -0.479 e. The highest BCUT2D eigenvalue weighted by Gasteiger charge is 2.49. The molecule has 2 aromatic rings. The molecule has 1 saturated heterocycles. The molecule has 8 nitrogen and oxygen atoms in total. The molecular formula is C27H32N2O6. The lowest BCUT2D eigenvalue weighted by Gasteiger charge is -2.43. The molecule has 35 heavy (non-hydrogen) atoms. The second-order valence-electron chi connectivity index (χ2n) is 9.36. The van der Waals surface area contributed by atoms with Crippen LogP contribution in [0, 0.1) is 0 Å². The van der Waals surface area contributed by atoms with Crippen molar-refractivity contribution in [1.82, 2.24) is 10.2 Å². The molecule has 0 unspecified atom stereocenters. The van der Waals surface area contributed by atoms with E-state index in [1.807, 2.05) is 24.3 Å². The molecule has 1 aliphatic carbocycles. The van der Waals surface area contributed by atoms with Gasteiger partial charge in [0, 0.05) is 18.9 Å². The Bertz CT molecular complexity index is 1030. The van der Waals surface area contributed by atoms with Gasteiger partial charge in [0.05, 0.1) is 13.1 Å². The van der Waals surface area contributed by atoms with E-state index >= 15 is 0 Å². The van der Waals surface area contributed by atoms with Gasteiger partial charge < -0.3 is 25.2 Å². The Labute approximate surface area is 204 Å². The molecule has 0 atom stereocenters. The fourth-order valence-electron chi connectivity index (χ4n) is 4.83. The van der Waals surface area contributed by atoms with Gasteiger partial charge in [0.15, 0.2) is 5.60 Å². The standard InChI is InChI=1S/C27H32N2O6/c30-24(29-17-27(34,18-29)25(31)32)14-4-2-1-3-9-15-28-26(33)35-16-23-21-12-7-5-10-19(21)20-11-6-8-13-22(20)23/h5-8,10-13,23,34H,1-4,9,14-18H2,(H,28,33)(H,31,32). The minimum atomic E-state index is -1.78. The van der Waals surface area contributed by atoms with Crippen LogP contribution in [0.1, 0.15) is 55.6 Å². The number of benzene rings is 2. The number of fused-ring (bicyclic) bond motifs is 3. The van der Waals surface area contributed by atoms with Gasteiger partial charge in [-0.15, -0.1) is 0 Å². The van der Waals surface area contributed by atoms with Crippen molar-refractivity contribution in [3.63, 3.8) is 0 Å². The van der Waals surface area contributed by atoms with E-state index in [0.29, 0.717) is 19.6 Å². The number of carboxylic acid groups (broad SMARTS) is 1. The van der Waals surface area contributed by atoms with Crippen molar-refractivity contribution in [2.75, 3.05) is 26.2 Å². The number of aliphatic hydroxyl groups is 1. The van der Waals surface area contributed by atoms with Crippen LogP contribution in [0.15, 0.2) is 48.5 Å². The predicted octanol–water partition coefficient (Wildman–Crippen LogP) is 3.52. The predicted molar refractivity (Wildman–Crippen MR) is 130 cm³/mol. The van der Waals surface area contributed by atoms with E-state index in [4.69, 9.17) is 9.84 Å². The Morgan fingerprint density at radius 2 is 1.49 bits per heavy atom. The molecule has 2 amide bonds. The number of carbonyl (C=O) groups excluding carboxylic acids is 2. The van der Waals surface area contributed by atoms with Crippen LogP contribution in [0.4, 0.5) is 4.79 Å². The Kier molecular flexibility index (Phi) is 7.70. The Morgan fingerprint density at radius 3 is 2.11 bits per heavy atom. The Hall–Kier alpha value is -3.39. The molecule has 0 spiro atoms. The van der Waals surface area contributed by atoms with Crippen LogP contribution >= 0.6 is 0 Å². The van der Waals surface area contributed by atoms with Gasteiger partial charge >= 0.3 is 12.1 Å². The van der Waals surface area contributed by atoms with Crippen molar-refractivity contribution < 1.29 is 29.3 Å². The van der Waals surface area contributed by atoms with Crippen molar-refractivity contribution in [1.29, 1.82) is 0 Å². The van der Waals surface area contributed by atoms with Crippen LogP contribution < -0.4 is 5.32 Å².